The fourth-order valence-electron chi connectivity index (χ4n) is 6.27. The second kappa shape index (κ2) is 11.6. The standard InChI is InChI=1S/C35H31N9O/c45-22-31-39-42-35-28-20-27(24-6-2-1-3-7-24)32(37-29(28)15-19-44(31)35)25-11-9-23(10-12-25)21-43-17-13-26(14-18-43)33-38-34(41-40-33)30-8-4-5-16-36-30/h1-12,15-16,19-20,26,45H,13-14,17-18,21-22H2,(H,38,40,41). The van der Waals surface area contributed by atoms with Gasteiger partial charge in [0.2, 0.25) is 0 Å². The zero-order valence-corrected chi connectivity index (χ0v) is 24.6. The molecule has 0 radical (unpaired) electrons. The summed E-state index contributed by atoms with van der Waals surface area (Å²) in [6.45, 7) is 2.73. The maximum Gasteiger partial charge on any atom is 0.199 e. The van der Waals surface area contributed by atoms with E-state index in [1.54, 1.807) is 6.20 Å². The zero-order valence-electron chi connectivity index (χ0n) is 24.6. The van der Waals surface area contributed by atoms with Gasteiger partial charge in [0.05, 0.1) is 11.2 Å². The molecule has 0 bridgehead atoms. The predicted molar refractivity (Wildman–Crippen MR) is 172 cm³/mol. The minimum absolute atomic E-state index is 0.178. The summed E-state index contributed by atoms with van der Waals surface area (Å²) < 4.78 is 1.82. The summed E-state index contributed by atoms with van der Waals surface area (Å²) in [4.78, 5) is 16.8. The molecule has 1 saturated heterocycles. The summed E-state index contributed by atoms with van der Waals surface area (Å²) >= 11 is 0. The number of likely N-dealkylation sites (tertiary alicyclic amines) is 1. The first-order chi connectivity index (χ1) is 22.2. The lowest BCUT2D eigenvalue weighted by molar-refractivity contribution is 0.202. The molecule has 1 aliphatic heterocycles. The van der Waals surface area contributed by atoms with E-state index in [1.165, 1.54) is 5.56 Å². The summed E-state index contributed by atoms with van der Waals surface area (Å²) in [5.74, 6) is 2.49. The molecule has 222 valence electrons. The molecular weight excluding hydrogens is 562 g/mol. The topological polar surface area (TPSA) is 121 Å². The molecule has 10 nitrogen and oxygen atoms in total. The molecule has 2 N–H and O–H groups in total. The van der Waals surface area contributed by atoms with Crippen molar-refractivity contribution in [2.45, 2.75) is 31.9 Å². The van der Waals surface area contributed by atoms with E-state index in [1.807, 2.05) is 53.1 Å². The summed E-state index contributed by atoms with van der Waals surface area (Å²) in [6.07, 6.45) is 5.71. The molecule has 0 aliphatic carbocycles. The average Bonchev–Trinajstić information content (AvgIpc) is 3.77. The van der Waals surface area contributed by atoms with Crippen molar-refractivity contribution in [1.82, 2.24) is 44.6 Å². The van der Waals surface area contributed by atoms with E-state index >= 15 is 0 Å². The first kappa shape index (κ1) is 27.2. The summed E-state index contributed by atoms with van der Waals surface area (Å²) in [7, 11) is 0. The van der Waals surface area contributed by atoms with Crippen LogP contribution in [0.5, 0.6) is 0 Å². The Morgan fingerprint density at radius 2 is 1.67 bits per heavy atom. The normalized spacial score (nSPS) is 14.4. The Kier molecular flexibility index (Phi) is 7.05. The average molecular weight is 594 g/mol. The van der Waals surface area contributed by atoms with E-state index < -0.39 is 0 Å². The molecule has 0 amide bonds. The molecule has 2 aromatic carbocycles. The quantitative estimate of drug-likeness (QED) is 0.243. The maximum absolute atomic E-state index is 9.69. The Morgan fingerprint density at radius 3 is 2.44 bits per heavy atom. The van der Waals surface area contributed by atoms with Gasteiger partial charge in [-0.1, -0.05) is 60.7 Å². The molecule has 10 heteroatoms. The SMILES string of the molecule is OCc1nnc2c3cc(-c4ccccc4)c(-c4ccc(CN5CCC(c6nc(-c7ccccn7)n[nH]6)CC5)cc4)nc3ccn12. The van der Waals surface area contributed by atoms with Gasteiger partial charge in [0, 0.05) is 41.4 Å². The zero-order chi connectivity index (χ0) is 30.2. The van der Waals surface area contributed by atoms with Crippen molar-refractivity contribution in [3.8, 4) is 33.9 Å². The molecule has 1 fully saturated rings. The van der Waals surface area contributed by atoms with Crippen molar-refractivity contribution in [2.75, 3.05) is 13.1 Å². The first-order valence-electron chi connectivity index (χ1n) is 15.2. The molecule has 5 aromatic heterocycles. The molecule has 0 unspecified atom stereocenters. The second-order valence-electron chi connectivity index (χ2n) is 11.5. The van der Waals surface area contributed by atoms with Gasteiger partial charge in [0.1, 0.15) is 18.1 Å². The molecule has 7 aromatic rings. The molecule has 0 atom stereocenters. The fourth-order valence-corrected chi connectivity index (χ4v) is 6.27. The number of hydrogen-bond acceptors (Lipinski definition) is 8. The van der Waals surface area contributed by atoms with E-state index in [0.717, 1.165) is 77.3 Å². The van der Waals surface area contributed by atoms with Crippen LogP contribution in [0.2, 0.25) is 0 Å². The Bertz CT molecular complexity index is 2080. The highest BCUT2D eigenvalue weighted by molar-refractivity contribution is 5.98. The van der Waals surface area contributed by atoms with E-state index in [4.69, 9.17) is 9.97 Å². The number of nitrogens with one attached hydrogen (secondary N) is 1. The molecule has 6 heterocycles. The number of H-pyrrole nitrogens is 1. The fraction of sp³-hybridized carbons (Fsp3) is 0.200. The number of fused-ring (bicyclic) bond motifs is 3. The smallest absolute Gasteiger partial charge is 0.199 e. The van der Waals surface area contributed by atoms with Crippen molar-refractivity contribution in [3.05, 3.63) is 115 Å². The highest BCUT2D eigenvalue weighted by Crippen LogP contribution is 2.35. The maximum atomic E-state index is 9.69. The molecular formula is C35H31N9O. The molecule has 8 rings (SSSR count). The first-order valence-corrected chi connectivity index (χ1v) is 15.2. The van der Waals surface area contributed by atoms with Crippen LogP contribution >= 0.6 is 0 Å². The van der Waals surface area contributed by atoms with Crippen LogP contribution in [0.1, 0.15) is 36.0 Å². The largest absolute Gasteiger partial charge is 0.388 e. The van der Waals surface area contributed by atoms with Gasteiger partial charge < -0.3 is 5.11 Å². The van der Waals surface area contributed by atoms with Gasteiger partial charge in [0.15, 0.2) is 17.3 Å². The monoisotopic (exact) mass is 593 g/mol. The van der Waals surface area contributed by atoms with Crippen LogP contribution < -0.4 is 0 Å². The van der Waals surface area contributed by atoms with E-state index in [-0.39, 0.29) is 6.61 Å². The molecule has 0 saturated carbocycles. The van der Waals surface area contributed by atoms with Crippen molar-refractivity contribution in [1.29, 1.82) is 0 Å². The summed E-state index contributed by atoms with van der Waals surface area (Å²) in [5.41, 5.74) is 7.67. The molecule has 1 aliphatic rings. The number of benzene rings is 2. The Hall–Kier alpha value is -5.32. The lowest BCUT2D eigenvalue weighted by atomic mass is 9.95. The number of pyridine rings is 3. The number of hydrogen-bond donors (Lipinski definition) is 2. The summed E-state index contributed by atoms with van der Waals surface area (Å²) in [6, 6.07) is 29.0. The van der Waals surface area contributed by atoms with Crippen LogP contribution in [0.15, 0.2) is 97.3 Å². The molecule has 0 spiro atoms. The van der Waals surface area contributed by atoms with E-state index in [9.17, 15) is 5.11 Å². The third-order valence-electron chi connectivity index (χ3n) is 8.67. The Balaban J connectivity index is 1.01. The third-order valence-corrected chi connectivity index (χ3v) is 8.67. The number of aromatic amines is 1. The number of aromatic nitrogens is 8. The van der Waals surface area contributed by atoms with Gasteiger partial charge in [-0.05, 0) is 61.3 Å². The lowest BCUT2D eigenvalue weighted by Gasteiger charge is -2.31. The van der Waals surface area contributed by atoms with Gasteiger partial charge >= 0.3 is 0 Å². The van der Waals surface area contributed by atoms with Crippen LogP contribution in [0.25, 0.3) is 50.5 Å². The van der Waals surface area contributed by atoms with Gasteiger partial charge in [-0.15, -0.1) is 10.2 Å². The van der Waals surface area contributed by atoms with Crippen molar-refractivity contribution in [3.63, 3.8) is 0 Å². The van der Waals surface area contributed by atoms with E-state index in [2.05, 4.69) is 72.7 Å². The summed E-state index contributed by atoms with van der Waals surface area (Å²) in [5, 5.41) is 26.7. The van der Waals surface area contributed by atoms with Gasteiger partial charge in [-0.2, -0.15) is 5.10 Å². The minimum Gasteiger partial charge on any atom is -0.388 e. The number of aliphatic hydroxyl groups excluding tert-OH is 1. The van der Waals surface area contributed by atoms with Crippen LogP contribution in [-0.2, 0) is 13.2 Å². The van der Waals surface area contributed by atoms with Gasteiger partial charge in [-0.3, -0.25) is 19.4 Å². The van der Waals surface area contributed by atoms with Crippen LogP contribution in [-0.4, -0.2) is 62.8 Å². The van der Waals surface area contributed by atoms with Gasteiger partial charge in [0.25, 0.3) is 0 Å². The number of aliphatic hydroxyl groups is 1. The predicted octanol–water partition coefficient (Wildman–Crippen LogP) is 5.66. The lowest BCUT2D eigenvalue weighted by Crippen LogP contribution is -2.32. The number of piperidine rings is 1. The highest BCUT2D eigenvalue weighted by atomic mass is 16.3. The van der Waals surface area contributed by atoms with Crippen LogP contribution in [0.4, 0.5) is 0 Å². The number of rotatable bonds is 7. The van der Waals surface area contributed by atoms with Crippen LogP contribution in [0, 0.1) is 0 Å². The number of nitrogens with zero attached hydrogens (tertiary/aromatic N) is 8. The Labute approximate surface area is 259 Å². The Morgan fingerprint density at radius 1 is 0.844 bits per heavy atom. The molecule has 45 heavy (non-hydrogen) atoms. The second-order valence-corrected chi connectivity index (χ2v) is 11.5. The van der Waals surface area contributed by atoms with Crippen molar-refractivity contribution >= 4 is 16.6 Å². The highest BCUT2D eigenvalue weighted by Gasteiger charge is 2.24. The third kappa shape index (κ3) is 5.24. The van der Waals surface area contributed by atoms with Crippen LogP contribution in [0.3, 0.4) is 0 Å². The van der Waals surface area contributed by atoms with Gasteiger partial charge in [-0.25, -0.2) is 9.97 Å². The van der Waals surface area contributed by atoms with Crippen molar-refractivity contribution in [2.24, 2.45) is 0 Å². The van der Waals surface area contributed by atoms with E-state index in [0.29, 0.717) is 23.2 Å². The van der Waals surface area contributed by atoms with Crippen molar-refractivity contribution < 1.29 is 5.11 Å². The minimum atomic E-state index is -0.178.